The van der Waals surface area contributed by atoms with Crippen LogP contribution in [0.25, 0.3) is 0 Å². The minimum Gasteiger partial charge on any atom is -0.320 e. The number of benzene rings is 1. The van der Waals surface area contributed by atoms with Crippen molar-refractivity contribution in [3.05, 3.63) is 35.9 Å². The molecule has 6 heteroatoms. The smallest absolute Gasteiger partial charge is 0.180 e. The van der Waals surface area contributed by atoms with Gasteiger partial charge in [-0.3, -0.25) is 0 Å². The first-order chi connectivity index (χ1) is 8.72. The Morgan fingerprint density at radius 2 is 1.83 bits per heavy atom. The van der Waals surface area contributed by atoms with E-state index in [9.17, 15) is 0 Å². The molecule has 0 bridgehead atoms. The quantitative estimate of drug-likeness (QED) is 0.774. The molecular formula is C12H12N6. The molecule has 2 aliphatic rings. The fourth-order valence-corrected chi connectivity index (χ4v) is 2.02. The van der Waals surface area contributed by atoms with Crippen molar-refractivity contribution in [2.45, 2.75) is 11.7 Å². The van der Waals surface area contributed by atoms with Gasteiger partial charge in [0.2, 0.25) is 0 Å². The maximum atomic E-state index is 6.31. The monoisotopic (exact) mass is 240 g/mol. The molecule has 0 radical (unpaired) electrons. The number of nitrogens with zero attached hydrogens (tertiary/aromatic N) is 4. The zero-order valence-corrected chi connectivity index (χ0v) is 9.56. The summed E-state index contributed by atoms with van der Waals surface area (Å²) in [5.41, 5.74) is 12.8. The van der Waals surface area contributed by atoms with E-state index in [0.717, 1.165) is 5.56 Å². The van der Waals surface area contributed by atoms with Gasteiger partial charge in [0, 0.05) is 0 Å². The predicted octanol–water partition coefficient (Wildman–Crippen LogP) is 0.265. The highest BCUT2D eigenvalue weighted by molar-refractivity contribution is 6.50. The van der Waals surface area contributed by atoms with Crippen molar-refractivity contribution >= 4 is 24.2 Å². The van der Waals surface area contributed by atoms with E-state index in [0.29, 0.717) is 11.5 Å². The molecule has 0 spiro atoms. The topological polar surface area (TPSA) is 101 Å². The second kappa shape index (κ2) is 3.94. The van der Waals surface area contributed by atoms with Gasteiger partial charge in [0.15, 0.2) is 11.5 Å². The van der Waals surface area contributed by atoms with Crippen molar-refractivity contribution in [1.29, 1.82) is 0 Å². The van der Waals surface area contributed by atoms with Gasteiger partial charge in [-0.1, -0.05) is 30.3 Å². The maximum Gasteiger partial charge on any atom is 0.180 e. The van der Waals surface area contributed by atoms with Crippen molar-refractivity contribution in [1.82, 2.24) is 0 Å². The first-order valence-electron chi connectivity index (χ1n) is 5.54. The Bertz CT molecular complexity index is 586. The van der Waals surface area contributed by atoms with Crippen LogP contribution in [0, 0.1) is 0 Å². The number of hydrogen-bond acceptors (Lipinski definition) is 6. The average Bonchev–Trinajstić information content (AvgIpc) is 2.89. The van der Waals surface area contributed by atoms with Crippen LogP contribution in [-0.2, 0) is 0 Å². The van der Waals surface area contributed by atoms with Gasteiger partial charge in [-0.05, 0) is 5.56 Å². The molecule has 3 rings (SSSR count). The summed E-state index contributed by atoms with van der Waals surface area (Å²) in [6.07, 6.45) is 2.81. The lowest BCUT2D eigenvalue weighted by atomic mass is 9.89. The molecule has 2 aliphatic heterocycles. The molecule has 4 N–H and O–H groups in total. The Balaban J connectivity index is 2.02. The van der Waals surface area contributed by atoms with Gasteiger partial charge in [-0.2, -0.15) is 0 Å². The van der Waals surface area contributed by atoms with Crippen LogP contribution in [0.4, 0.5) is 0 Å². The summed E-state index contributed by atoms with van der Waals surface area (Å²) in [5, 5.41) is 0. The minimum atomic E-state index is -1.12. The number of rotatable bonds is 2. The van der Waals surface area contributed by atoms with Crippen LogP contribution in [-0.4, -0.2) is 29.9 Å². The van der Waals surface area contributed by atoms with Gasteiger partial charge < -0.3 is 11.5 Å². The Kier molecular flexibility index (Phi) is 2.39. The molecule has 0 fully saturated rings. The lowest BCUT2D eigenvalue weighted by molar-refractivity contribution is 0.485. The van der Waals surface area contributed by atoms with E-state index in [1.54, 1.807) is 0 Å². The molecule has 2 heterocycles. The fraction of sp³-hybridized carbons (Fsp3) is 0.167. The number of aliphatic imine (C=N–C) groups is 4. The highest BCUT2D eigenvalue weighted by atomic mass is 15.2. The van der Waals surface area contributed by atoms with Crippen LogP contribution in [0.1, 0.15) is 11.6 Å². The standard InChI is InChI=1S/C12H12N6/c13-9(8-4-2-1-3-5-8)12(14)10-11(16-6-15-10)17-7-18-12/h1-7,9H,13-14H2. The van der Waals surface area contributed by atoms with Crippen LogP contribution in [0.3, 0.4) is 0 Å². The van der Waals surface area contributed by atoms with Crippen molar-refractivity contribution in [3.8, 4) is 0 Å². The number of fused-ring (bicyclic) bond motifs is 1. The molecule has 0 saturated heterocycles. The lowest BCUT2D eigenvalue weighted by Gasteiger charge is -2.32. The summed E-state index contributed by atoms with van der Waals surface area (Å²) in [7, 11) is 0. The van der Waals surface area contributed by atoms with Gasteiger partial charge in [-0.25, -0.2) is 20.0 Å². The molecule has 18 heavy (non-hydrogen) atoms. The third kappa shape index (κ3) is 1.51. The highest BCUT2D eigenvalue weighted by Gasteiger charge is 2.43. The molecule has 0 saturated carbocycles. The summed E-state index contributed by atoms with van der Waals surface area (Å²) in [6.45, 7) is 0. The van der Waals surface area contributed by atoms with Crippen LogP contribution in [0.2, 0.25) is 0 Å². The Morgan fingerprint density at radius 1 is 1.06 bits per heavy atom. The van der Waals surface area contributed by atoms with Gasteiger partial charge in [-0.15, -0.1) is 0 Å². The Labute approximate surface area is 104 Å². The van der Waals surface area contributed by atoms with Crippen LogP contribution in [0.5, 0.6) is 0 Å². The van der Waals surface area contributed by atoms with Gasteiger partial charge in [0.1, 0.15) is 18.4 Å². The second-order valence-electron chi connectivity index (χ2n) is 4.13. The highest BCUT2D eigenvalue weighted by Crippen LogP contribution is 2.27. The molecule has 0 aromatic heterocycles. The van der Waals surface area contributed by atoms with E-state index in [1.165, 1.54) is 12.7 Å². The SMILES string of the molecule is NC(c1ccccc1)C1(N)N=CN=C2N=CN=C21. The van der Waals surface area contributed by atoms with Gasteiger partial charge in [0.05, 0.1) is 6.04 Å². The zero-order valence-electron chi connectivity index (χ0n) is 9.56. The summed E-state index contributed by atoms with van der Waals surface area (Å²) >= 11 is 0. The second-order valence-corrected chi connectivity index (χ2v) is 4.13. The summed E-state index contributed by atoms with van der Waals surface area (Å²) < 4.78 is 0. The number of nitrogens with two attached hydrogens (primary N) is 2. The first-order valence-corrected chi connectivity index (χ1v) is 5.54. The van der Waals surface area contributed by atoms with Crippen LogP contribution in [0.15, 0.2) is 50.3 Å². The van der Waals surface area contributed by atoms with E-state index in [4.69, 9.17) is 11.5 Å². The summed E-state index contributed by atoms with van der Waals surface area (Å²) in [6, 6.07) is 9.07. The van der Waals surface area contributed by atoms with Crippen molar-refractivity contribution < 1.29 is 0 Å². The van der Waals surface area contributed by atoms with Crippen molar-refractivity contribution in [3.63, 3.8) is 0 Å². The van der Waals surface area contributed by atoms with Crippen LogP contribution < -0.4 is 11.5 Å². The van der Waals surface area contributed by atoms with Crippen molar-refractivity contribution in [2.24, 2.45) is 31.4 Å². The Hall–Kier alpha value is -2.18. The van der Waals surface area contributed by atoms with Crippen LogP contribution >= 0.6 is 0 Å². The van der Waals surface area contributed by atoms with E-state index in [2.05, 4.69) is 20.0 Å². The van der Waals surface area contributed by atoms with E-state index < -0.39 is 11.7 Å². The molecule has 90 valence electrons. The molecule has 0 aliphatic carbocycles. The molecule has 1 aromatic carbocycles. The molecule has 6 nitrogen and oxygen atoms in total. The van der Waals surface area contributed by atoms with E-state index in [1.807, 2.05) is 30.3 Å². The van der Waals surface area contributed by atoms with Gasteiger partial charge in [0.25, 0.3) is 0 Å². The third-order valence-corrected chi connectivity index (χ3v) is 3.04. The summed E-state index contributed by atoms with van der Waals surface area (Å²) in [5.74, 6) is 0.485. The Morgan fingerprint density at radius 3 is 2.61 bits per heavy atom. The average molecular weight is 240 g/mol. The molecular weight excluding hydrogens is 228 g/mol. The molecule has 0 amide bonds. The predicted molar refractivity (Wildman–Crippen MR) is 72.1 cm³/mol. The first kappa shape index (κ1) is 10.9. The number of amidine groups is 1. The van der Waals surface area contributed by atoms with Crippen molar-refractivity contribution in [2.75, 3.05) is 0 Å². The minimum absolute atomic E-state index is 0.485. The zero-order chi connectivity index (χ0) is 12.6. The molecule has 2 atom stereocenters. The number of hydrogen-bond donors (Lipinski definition) is 2. The molecule has 2 unspecified atom stereocenters. The summed E-state index contributed by atoms with van der Waals surface area (Å²) in [4.78, 5) is 16.4. The maximum absolute atomic E-state index is 6.31. The largest absolute Gasteiger partial charge is 0.320 e. The fourth-order valence-electron chi connectivity index (χ4n) is 2.02. The lowest BCUT2D eigenvalue weighted by Crippen LogP contribution is -2.57. The van der Waals surface area contributed by atoms with Gasteiger partial charge >= 0.3 is 0 Å². The third-order valence-electron chi connectivity index (χ3n) is 3.04. The molecule has 1 aromatic rings. The van der Waals surface area contributed by atoms with E-state index >= 15 is 0 Å². The van der Waals surface area contributed by atoms with E-state index in [-0.39, 0.29) is 0 Å². The normalized spacial score (nSPS) is 26.6.